The SMILES string of the molecule is Cl.ClC1CCc2ccccc2CN1Cl. The van der Waals surface area contributed by atoms with Crippen molar-refractivity contribution in [2.75, 3.05) is 0 Å². The second-order valence-corrected chi connectivity index (χ2v) is 4.24. The normalized spacial score (nSPS) is 22.0. The lowest BCUT2D eigenvalue weighted by Gasteiger charge is -2.15. The molecule has 0 N–H and O–H groups in total. The van der Waals surface area contributed by atoms with E-state index in [1.165, 1.54) is 11.1 Å². The topological polar surface area (TPSA) is 3.24 Å². The standard InChI is InChI=1S/C10H11Cl2N.ClH/c11-10-6-5-8-3-1-2-4-9(8)7-13(10)12;/h1-4,10H,5-7H2;1H. The van der Waals surface area contributed by atoms with Gasteiger partial charge in [0.15, 0.2) is 0 Å². The fraction of sp³-hybridized carbons (Fsp3) is 0.400. The summed E-state index contributed by atoms with van der Waals surface area (Å²) in [4.78, 5) is 0. The second-order valence-electron chi connectivity index (χ2n) is 3.30. The molecule has 1 aliphatic heterocycles. The number of halogens is 3. The number of benzene rings is 1. The van der Waals surface area contributed by atoms with Gasteiger partial charge in [0.2, 0.25) is 0 Å². The number of alkyl halides is 1. The maximum Gasteiger partial charge on any atom is 0.0996 e. The lowest BCUT2D eigenvalue weighted by molar-refractivity contribution is 0.414. The van der Waals surface area contributed by atoms with Crippen LogP contribution in [-0.4, -0.2) is 9.92 Å². The summed E-state index contributed by atoms with van der Waals surface area (Å²) in [5.74, 6) is 0. The van der Waals surface area contributed by atoms with Gasteiger partial charge in [-0.3, -0.25) is 0 Å². The molecule has 0 aliphatic carbocycles. The summed E-state index contributed by atoms with van der Waals surface area (Å²) in [7, 11) is 0. The van der Waals surface area contributed by atoms with Crippen molar-refractivity contribution in [2.24, 2.45) is 0 Å². The average molecular weight is 253 g/mol. The molecule has 1 aromatic rings. The highest BCUT2D eigenvalue weighted by Crippen LogP contribution is 2.25. The zero-order valence-electron chi connectivity index (χ0n) is 7.62. The fourth-order valence-corrected chi connectivity index (χ4v) is 2.04. The van der Waals surface area contributed by atoms with Crippen molar-refractivity contribution in [2.45, 2.75) is 24.9 Å². The summed E-state index contributed by atoms with van der Waals surface area (Å²) in [5, 5.41) is 0. The molecular weight excluding hydrogens is 240 g/mol. The second kappa shape index (κ2) is 5.22. The first-order valence-electron chi connectivity index (χ1n) is 4.40. The molecule has 0 spiro atoms. The summed E-state index contributed by atoms with van der Waals surface area (Å²) >= 11 is 12.1. The van der Waals surface area contributed by atoms with Crippen molar-refractivity contribution in [1.82, 2.24) is 4.42 Å². The van der Waals surface area contributed by atoms with Crippen LogP contribution in [0, 0.1) is 0 Å². The Morgan fingerprint density at radius 1 is 1.21 bits per heavy atom. The van der Waals surface area contributed by atoms with E-state index in [1.54, 1.807) is 4.42 Å². The predicted molar refractivity (Wildman–Crippen MR) is 63.0 cm³/mol. The fourth-order valence-electron chi connectivity index (χ4n) is 1.63. The van der Waals surface area contributed by atoms with Crippen LogP contribution in [0.3, 0.4) is 0 Å². The van der Waals surface area contributed by atoms with Gasteiger partial charge in [-0.05, 0) is 35.7 Å². The molecule has 0 aromatic heterocycles. The lowest BCUT2D eigenvalue weighted by Crippen LogP contribution is -2.19. The molecule has 0 amide bonds. The Balaban J connectivity index is 0.000000980. The summed E-state index contributed by atoms with van der Waals surface area (Å²) in [6, 6.07) is 8.36. The van der Waals surface area contributed by atoms with Crippen LogP contribution < -0.4 is 0 Å². The number of aryl methyl sites for hydroxylation is 1. The Labute approximate surface area is 101 Å². The zero-order valence-corrected chi connectivity index (χ0v) is 9.95. The molecule has 0 fully saturated rings. The van der Waals surface area contributed by atoms with Gasteiger partial charge in [-0.1, -0.05) is 24.3 Å². The third kappa shape index (κ3) is 2.54. The number of rotatable bonds is 0. The van der Waals surface area contributed by atoms with Crippen molar-refractivity contribution >= 4 is 35.8 Å². The van der Waals surface area contributed by atoms with E-state index in [0.717, 1.165) is 19.4 Å². The molecule has 0 radical (unpaired) electrons. The van der Waals surface area contributed by atoms with E-state index in [4.69, 9.17) is 23.4 Å². The minimum absolute atomic E-state index is 0. The molecule has 0 saturated carbocycles. The van der Waals surface area contributed by atoms with Gasteiger partial charge in [0.05, 0.1) is 5.50 Å². The molecule has 1 unspecified atom stereocenters. The highest BCUT2D eigenvalue weighted by atomic mass is 35.5. The molecule has 78 valence electrons. The third-order valence-corrected chi connectivity index (χ3v) is 3.30. The van der Waals surface area contributed by atoms with Gasteiger partial charge in [0.1, 0.15) is 0 Å². The van der Waals surface area contributed by atoms with Crippen LogP contribution in [-0.2, 0) is 13.0 Å². The first-order valence-corrected chi connectivity index (χ1v) is 5.18. The largest absolute Gasteiger partial charge is 0.198 e. The Bertz CT molecular complexity index is 303. The maximum absolute atomic E-state index is 6.06. The van der Waals surface area contributed by atoms with Crippen LogP contribution in [0.15, 0.2) is 24.3 Å². The average Bonchev–Trinajstić information content (AvgIpc) is 2.28. The van der Waals surface area contributed by atoms with Gasteiger partial charge in [0.25, 0.3) is 0 Å². The molecule has 2 rings (SSSR count). The molecule has 0 bridgehead atoms. The number of hydrogen-bond donors (Lipinski definition) is 0. The van der Waals surface area contributed by atoms with E-state index < -0.39 is 0 Å². The minimum Gasteiger partial charge on any atom is -0.198 e. The van der Waals surface area contributed by atoms with Crippen molar-refractivity contribution in [3.8, 4) is 0 Å². The van der Waals surface area contributed by atoms with Crippen molar-refractivity contribution in [3.63, 3.8) is 0 Å². The minimum atomic E-state index is -0.0472. The molecule has 1 atom stereocenters. The highest BCUT2D eigenvalue weighted by molar-refractivity contribution is 6.25. The van der Waals surface area contributed by atoms with Gasteiger partial charge in [-0.25, -0.2) is 0 Å². The lowest BCUT2D eigenvalue weighted by atomic mass is 10.0. The molecule has 0 saturated heterocycles. The van der Waals surface area contributed by atoms with Crippen LogP contribution >= 0.6 is 35.8 Å². The van der Waals surface area contributed by atoms with Crippen molar-refractivity contribution < 1.29 is 0 Å². The number of fused-ring (bicyclic) bond motifs is 1. The Morgan fingerprint density at radius 3 is 2.57 bits per heavy atom. The number of nitrogens with zero attached hydrogens (tertiary/aromatic N) is 1. The summed E-state index contributed by atoms with van der Waals surface area (Å²) < 4.78 is 1.67. The molecule has 4 heteroatoms. The van der Waals surface area contributed by atoms with Crippen molar-refractivity contribution in [3.05, 3.63) is 35.4 Å². The van der Waals surface area contributed by atoms with E-state index in [1.807, 2.05) is 6.07 Å². The third-order valence-electron chi connectivity index (χ3n) is 2.40. The van der Waals surface area contributed by atoms with E-state index in [-0.39, 0.29) is 17.9 Å². The van der Waals surface area contributed by atoms with Gasteiger partial charge in [0, 0.05) is 6.54 Å². The molecule has 1 nitrogen and oxygen atoms in total. The summed E-state index contributed by atoms with van der Waals surface area (Å²) in [5.41, 5.74) is 2.62. The molecular formula is C10H12Cl3N. The van der Waals surface area contributed by atoms with E-state index in [2.05, 4.69) is 18.2 Å². The van der Waals surface area contributed by atoms with E-state index >= 15 is 0 Å². The zero-order chi connectivity index (χ0) is 9.26. The monoisotopic (exact) mass is 251 g/mol. The van der Waals surface area contributed by atoms with E-state index in [9.17, 15) is 0 Å². The van der Waals surface area contributed by atoms with Gasteiger partial charge >= 0.3 is 0 Å². The first-order chi connectivity index (χ1) is 6.27. The van der Waals surface area contributed by atoms with Gasteiger partial charge in [-0.2, -0.15) is 4.42 Å². The highest BCUT2D eigenvalue weighted by Gasteiger charge is 2.19. The smallest absolute Gasteiger partial charge is 0.0996 e. The van der Waals surface area contributed by atoms with Crippen LogP contribution in [0.25, 0.3) is 0 Å². The predicted octanol–water partition coefficient (Wildman–Crippen LogP) is 3.58. The van der Waals surface area contributed by atoms with Crippen LogP contribution in [0.1, 0.15) is 17.5 Å². The van der Waals surface area contributed by atoms with Crippen molar-refractivity contribution in [1.29, 1.82) is 0 Å². The molecule has 1 aromatic carbocycles. The van der Waals surface area contributed by atoms with Gasteiger partial charge in [-0.15, -0.1) is 24.0 Å². The first kappa shape index (κ1) is 12.1. The van der Waals surface area contributed by atoms with Crippen LogP contribution in [0.5, 0.6) is 0 Å². The maximum atomic E-state index is 6.06. The van der Waals surface area contributed by atoms with E-state index in [0.29, 0.717) is 0 Å². The molecule has 1 heterocycles. The number of hydrogen-bond acceptors (Lipinski definition) is 1. The Hall–Kier alpha value is 0.0500. The summed E-state index contributed by atoms with van der Waals surface area (Å²) in [6.45, 7) is 0.742. The Kier molecular flexibility index (Phi) is 4.52. The van der Waals surface area contributed by atoms with Crippen LogP contribution in [0.4, 0.5) is 0 Å². The quantitative estimate of drug-likeness (QED) is 0.388. The van der Waals surface area contributed by atoms with Gasteiger partial charge < -0.3 is 0 Å². The van der Waals surface area contributed by atoms with Crippen LogP contribution in [0.2, 0.25) is 0 Å². The molecule has 1 aliphatic rings. The summed E-state index contributed by atoms with van der Waals surface area (Å²) in [6.07, 6.45) is 1.94. The Morgan fingerprint density at radius 2 is 1.86 bits per heavy atom. The molecule has 14 heavy (non-hydrogen) atoms.